The average Bonchev–Trinajstić information content (AvgIpc) is 2.23. The molecule has 0 aromatic heterocycles. The number of rotatable bonds is 7. The van der Waals surface area contributed by atoms with Gasteiger partial charge in [0.2, 0.25) is 0 Å². The van der Waals surface area contributed by atoms with Gasteiger partial charge in [-0.3, -0.25) is 9.05 Å². The monoisotopic (exact) mass is 292 g/mol. The molecule has 9 nitrogen and oxygen atoms in total. The summed E-state index contributed by atoms with van der Waals surface area (Å²) >= 11 is 0. The number of phosphoric ester groups is 2. The first kappa shape index (κ1) is 16.8. The van der Waals surface area contributed by atoms with Gasteiger partial charge in [-0.2, -0.15) is 4.31 Å². The zero-order valence-electron chi connectivity index (χ0n) is 9.14. The second kappa shape index (κ2) is 6.63. The van der Waals surface area contributed by atoms with Gasteiger partial charge in [-0.25, -0.2) is 9.13 Å². The third kappa shape index (κ3) is 6.92. The van der Waals surface area contributed by atoms with Crippen molar-refractivity contribution >= 4 is 15.6 Å². The van der Waals surface area contributed by atoms with Crippen LogP contribution in [0.3, 0.4) is 0 Å². The summed E-state index contributed by atoms with van der Waals surface area (Å²) in [5.74, 6) is -0.490. The lowest BCUT2D eigenvalue weighted by molar-refractivity contribution is 0.161. The van der Waals surface area contributed by atoms with Gasteiger partial charge in [0.15, 0.2) is 0 Å². The van der Waals surface area contributed by atoms with Crippen molar-refractivity contribution in [2.24, 2.45) is 0 Å². The molecule has 17 heavy (non-hydrogen) atoms. The Balaban J connectivity index is 4.49. The number of hydrogen-bond acceptors (Lipinski definition) is 7. The Labute approximate surface area is 97.5 Å². The molecule has 0 heterocycles. The maximum Gasteiger partial charge on any atom is 0.481 e. The maximum absolute atomic E-state index is 11.1. The smallest absolute Gasteiger partial charge is 0.481 e. The molecule has 0 radical (unpaired) electrons. The number of hydrogen-bond donors (Lipinski definition) is 4. The molecule has 0 aromatic rings. The van der Waals surface area contributed by atoms with E-state index in [1.807, 2.05) is 0 Å². The van der Waals surface area contributed by atoms with E-state index in [2.05, 4.69) is 13.4 Å². The fourth-order valence-corrected chi connectivity index (χ4v) is 2.33. The van der Waals surface area contributed by atoms with Crippen LogP contribution in [0.4, 0.5) is 0 Å². The summed E-state index contributed by atoms with van der Waals surface area (Å²) in [4.78, 5) is 17.8. The summed E-state index contributed by atoms with van der Waals surface area (Å²) < 4.78 is 33.9. The standard InChI is InChI=1S/C6H14O9P2/c1-5(3-7)6(8)4-14-17(11,12)15-16(9,10)13-2/h7-8H,3-4H2,1-2H3,(H,9,10)(H,11,12)/b6-5-. The van der Waals surface area contributed by atoms with Gasteiger partial charge >= 0.3 is 15.6 Å². The summed E-state index contributed by atoms with van der Waals surface area (Å²) in [6, 6.07) is 0. The van der Waals surface area contributed by atoms with Crippen molar-refractivity contribution in [1.29, 1.82) is 0 Å². The van der Waals surface area contributed by atoms with Crippen molar-refractivity contribution in [1.82, 2.24) is 0 Å². The van der Waals surface area contributed by atoms with Crippen molar-refractivity contribution in [2.45, 2.75) is 6.92 Å². The predicted octanol–water partition coefficient (Wildman–Crippen LogP) is 0.691. The minimum Gasteiger partial charge on any atom is -0.510 e. The summed E-state index contributed by atoms with van der Waals surface area (Å²) in [6.45, 7) is 0.125. The third-order valence-electron chi connectivity index (χ3n) is 1.53. The van der Waals surface area contributed by atoms with Gasteiger partial charge in [0, 0.05) is 7.11 Å². The topological polar surface area (TPSA) is 143 Å². The zero-order valence-corrected chi connectivity index (χ0v) is 10.9. The van der Waals surface area contributed by atoms with E-state index >= 15 is 0 Å². The fraction of sp³-hybridized carbons (Fsp3) is 0.667. The molecule has 0 aliphatic rings. The van der Waals surface area contributed by atoms with E-state index in [1.165, 1.54) is 6.92 Å². The van der Waals surface area contributed by atoms with Crippen LogP contribution < -0.4 is 0 Å². The van der Waals surface area contributed by atoms with Gasteiger partial charge in [0.25, 0.3) is 0 Å². The summed E-state index contributed by atoms with van der Waals surface area (Å²) in [5, 5.41) is 17.8. The Morgan fingerprint density at radius 3 is 2.18 bits per heavy atom. The quantitative estimate of drug-likeness (QED) is 0.393. The first-order valence-corrected chi connectivity index (χ1v) is 7.18. The van der Waals surface area contributed by atoms with Crippen LogP contribution in [0.25, 0.3) is 0 Å². The zero-order chi connectivity index (χ0) is 13.7. The largest absolute Gasteiger partial charge is 0.510 e. The number of phosphoric acid groups is 2. The van der Waals surface area contributed by atoms with Crippen molar-refractivity contribution in [3.05, 3.63) is 11.3 Å². The number of aliphatic hydroxyl groups is 2. The van der Waals surface area contributed by atoms with Gasteiger partial charge < -0.3 is 20.0 Å². The third-order valence-corrected chi connectivity index (χ3v) is 4.10. The molecule has 0 spiro atoms. The molecule has 11 heteroatoms. The first-order valence-electron chi connectivity index (χ1n) is 4.19. The summed E-state index contributed by atoms with van der Waals surface area (Å²) in [5.41, 5.74) is 0.115. The highest BCUT2D eigenvalue weighted by Gasteiger charge is 2.34. The minimum absolute atomic E-state index is 0.115. The molecule has 0 aliphatic heterocycles. The molecular formula is C6H14O9P2. The van der Waals surface area contributed by atoms with E-state index in [0.717, 1.165) is 7.11 Å². The lowest BCUT2D eigenvalue weighted by atomic mass is 10.3. The highest BCUT2D eigenvalue weighted by molar-refractivity contribution is 7.61. The fourth-order valence-electron chi connectivity index (χ4n) is 0.544. The minimum atomic E-state index is -4.85. The second-order valence-electron chi connectivity index (χ2n) is 2.86. The van der Waals surface area contributed by atoms with Crippen LogP contribution in [0.15, 0.2) is 11.3 Å². The van der Waals surface area contributed by atoms with Crippen LogP contribution in [0, 0.1) is 0 Å². The lowest BCUT2D eigenvalue weighted by Crippen LogP contribution is -2.02. The molecule has 0 saturated carbocycles. The van der Waals surface area contributed by atoms with Gasteiger partial charge in [-0.15, -0.1) is 0 Å². The van der Waals surface area contributed by atoms with Crippen LogP contribution in [0.1, 0.15) is 6.92 Å². The van der Waals surface area contributed by atoms with Gasteiger partial charge in [0.05, 0.1) is 6.61 Å². The van der Waals surface area contributed by atoms with Crippen LogP contribution in [-0.4, -0.2) is 40.3 Å². The van der Waals surface area contributed by atoms with E-state index in [9.17, 15) is 14.2 Å². The average molecular weight is 292 g/mol. The molecule has 0 aromatic carbocycles. The van der Waals surface area contributed by atoms with Crippen molar-refractivity contribution in [3.63, 3.8) is 0 Å². The molecule has 4 N–H and O–H groups in total. The van der Waals surface area contributed by atoms with Crippen molar-refractivity contribution in [3.8, 4) is 0 Å². The molecule has 0 aliphatic carbocycles. The van der Waals surface area contributed by atoms with Crippen LogP contribution >= 0.6 is 15.6 Å². The normalized spacial score (nSPS) is 20.3. The number of aliphatic hydroxyl groups excluding tert-OH is 2. The predicted molar refractivity (Wildman–Crippen MR) is 56.1 cm³/mol. The second-order valence-corrected chi connectivity index (χ2v) is 6.01. The van der Waals surface area contributed by atoms with E-state index in [-0.39, 0.29) is 5.57 Å². The first-order chi connectivity index (χ1) is 7.63. The van der Waals surface area contributed by atoms with Crippen molar-refractivity contribution in [2.75, 3.05) is 20.3 Å². The SMILES string of the molecule is COP(=O)(O)OP(=O)(O)OC/C(O)=C(\C)CO. The highest BCUT2D eigenvalue weighted by Crippen LogP contribution is 2.60. The molecule has 0 saturated heterocycles. The Morgan fingerprint density at radius 1 is 1.24 bits per heavy atom. The Hall–Kier alpha value is -0.240. The van der Waals surface area contributed by atoms with Gasteiger partial charge in [-0.05, 0) is 12.5 Å². The Bertz CT molecular complexity index is 376. The molecule has 0 rings (SSSR count). The van der Waals surface area contributed by atoms with E-state index in [4.69, 9.17) is 14.9 Å². The van der Waals surface area contributed by atoms with Crippen LogP contribution in [0.2, 0.25) is 0 Å². The molecule has 0 amide bonds. The molecule has 2 unspecified atom stereocenters. The lowest BCUT2D eigenvalue weighted by Gasteiger charge is -2.14. The van der Waals surface area contributed by atoms with Gasteiger partial charge in [0.1, 0.15) is 12.4 Å². The van der Waals surface area contributed by atoms with E-state index < -0.39 is 34.6 Å². The Morgan fingerprint density at radius 2 is 1.76 bits per heavy atom. The maximum atomic E-state index is 11.1. The molecule has 102 valence electrons. The summed E-state index contributed by atoms with van der Waals surface area (Å²) in [7, 11) is -8.72. The highest BCUT2D eigenvalue weighted by atomic mass is 31.3. The van der Waals surface area contributed by atoms with Gasteiger partial charge in [-0.1, -0.05) is 0 Å². The molecule has 2 atom stereocenters. The Kier molecular flexibility index (Phi) is 6.53. The summed E-state index contributed by atoms with van der Waals surface area (Å²) in [6.07, 6.45) is 0. The molecule has 0 fully saturated rings. The van der Waals surface area contributed by atoms with Crippen LogP contribution in [-0.2, 0) is 22.5 Å². The van der Waals surface area contributed by atoms with E-state index in [1.54, 1.807) is 0 Å². The molecule has 0 bridgehead atoms. The van der Waals surface area contributed by atoms with E-state index in [0.29, 0.717) is 0 Å². The van der Waals surface area contributed by atoms with Crippen LogP contribution in [0.5, 0.6) is 0 Å². The van der Waals surface area contributed by atoms with Crippen molar-refractivity contribution < 1.29 is 42.5 Å². The molecular weight excluding hydrogens is 278 g/mol.